The SMILES string of the molecule is O=[N+]([O-])c1ccccc1S(=O)(=O)OC1CCCC(OS(=O)(=O)c2ccccc2[N+](=O)[O-])C1. The zero-order chi connectivity index (χ0) is 23.5. The second-order valence-electron chi connectivity index (χ2n) is 6.96. The van der Waals surface area contributed by atoms with Crippen molar-refractivity contribution in [3.05, 3.63) is 68.8 Å². The minimum Gasteiger partial charge on any atom is -0.263 e. The molecule has 1 saturated carbocycles. The number of nitro benzene ring substituents is 2. The molecule has 14 heteroatoms. The van der Waals surface area contributed by atoms with Gasteiger partial charge in [-0.1, -0.05) is 24.3 Å². The molecule has 0 radical (unpaired) electrons. The van der Waals surface area contributed by atoms with Gasteiger partial charge in [0.25, 0.3) is 11.4 Å². The summed E-state index contributed by atoms with van der Waals surface area (Å²) < 4.78 is 60.7. The van der Waals surface area contributed by atoms with Crippen molar-refractivity contribution in [2.75, 3.05) is 0 Å². The van der Waals surface area contributed by atoms with Crippen LogP contribution in [0.15, 0.2) is 58.3 Å². The van der Waals surface area contributed by atoms with Crippen molar-refractivity contribution in [2.45, 2.75) is 47.7 Å². The smallest absolute Gasteiger partial charge is 0.263 e. The molecule has 0 N–H and O–H groups in total. The van der Waals surface area contributed by atoms with Crippen LogP contribution < -0.4 is 0 Å². The molecule has 32 heavy (non-hydrogen) atoms. The predicted molar refractivity (Wildman–Crippen MR) is 109 cm³/mol. The normalized spacial score (nSPS) is 19.4. The minimum absolute atomic E-state index is 0.139. The third kappa shape index (κ3) is 5.27. The summed E-state index contributed by atoms with van der Waals surface area (Å²) in [5, 5.41) is 22.3. The molecule has 1 aliphatic carbocycles. The quantitative estimate of drug-likeness (QED) is 0.306. The fraction of sp³-hybridized carbons (Fsp3) is 0.333. The summed E-state index contributed by atoms with van der Waals surface area (Å²) >= 11 is 0. The average molecular weight is 486 g/mol. The molecule has 0 bridgehead atoms. The molecule has 2 aromatic rings. The Bertz CT molecular complexity index is 1150. The Hall–Kier alpha value is -2.94. The van der Waals surface area contributed by atoms with E-state index in [1.807, 2.05) is 0 Å². The highest BCUT2D eigenvalue weighted by Gasteiger charge is 2.35. The fourth-order valence-electron chi connectivity index (χ4n) is 3.38. The summed E-state index contributed by atoms with van der Waals surface area (Å²) in [6.45, 7) is 0. The topological polar surface area (TPSA) is 173 Å². The molecule has 0 aliphatic heterocycles. The van der Waals surface area contributed by atoms with Gasteiger partial charge in [-0.25, -0.2) is 0 Å². The third-order valence-electron chi connectivity index (χ3n) is 4.77. The van der Waals surface area contributed by atoms with Gasteiger partial charge >= 0.3 is 20.2 Å². The number of hydrogen-bond donors (Lipinski definition) is 0. The Labute approximate surface area is 183 Å². The van der Waals surface area contributed by atoms with Gasteiger partial charge in [0.1, 0.15) is 0 Å². The van der Waals surface area contributed by atoms with Gasteiger partial charge in [-0.05, 0) is 31.4 Å². The maximum Gasteiger partial charge on any atom is 0.304 e. The highest BCUT2D eigenvalue weighted by atomic mass is 32.2. The first-order valence-electron chi connectivity index (χ1n) is 9.34. The van der Waals surface area contributed by atoms with Crippen LogP contribution >= 0.6 is 0 Å². The lowest BCUT2D eigenvalue weighted by Crippen LogP contribution is -2.31. The first kappa shape index (κ1) is 23.7. The Morgan fingerprint density at radius 3 is 1.47 bits per heavy atom. The van der Waals surface area contributed by atoms with E-state index in [4.69, 9.17) is 8.37 Å². The van der Waals surface area contributed by atoms with Crippen LogP contribution in [0.2, 0.25) is 0 Å². The van der Waals surface area contributed by atoms with E-state index in [1.54, 1.807) is 0 Å². The van der Waals surface area contributed by atoms with Gasteiger partial charge in [0.05, 0.1) is 22.1 Å². The zero-order valence-electron chi connectivity index (χ0n) is 16.4. The molecule has 12 nitrogen and oxygen atoms in total. The number of rotatable bonds is 8. The number of nitrogens with zero attached hydrogens (tertiary/aromatic N) is 2. The molecular weight excluding hydrogens is 468 g/mol. The molecule has 2 atom stereocenters. The highest BCUT2D eigenvalue weighted by Crippen LogP contribution is 2.33. The number of para-hydroxylation sites is 2. The average Bonchev–Trinajstić information content (AvgIpc) is 2.73. The molecule has 1 fully saturated rings. The van der Waals surface area contributed by atoms with Crippen molar-refractivity contribution in [1.82, 2.24) is 0 Å². The number of nitro groups is 2. The summed E-state index contributed by atoms with van der Waals surface area (Å²) in [7, 11) is -9.02. The van der Waals surface area contributed by atoms with Crippen molar-refractivity contribution in [3.63, 3.8) is 0 Å². The molecular formula is C18H18N2O10S2. The number of hydrogen-bond acceptors (Lipinski definition) is 10. The molecule has 0 saturated heterocycles. The van der Waals surface area contributed by atoms with Gasteiger partial charge in [0.15, 0.2) is 9.79 Å². The first-order chi connectivity index (χ1) is 15.0. The van der Waals surface area contributed by atoms with Crippen molar-refractivity contribution in [3.8, 4) is 0 Å². The van der Waals surface area contributed by atoms with Gasteiger partial charge in [-0.3, -0.25) is 28.6 Å². The van der Waals surface area contributed by atoms with E-state index < -0.39 is 63.5 Å². The van der Waals surface area contributed by atoms with Crippen molar-refractivity contribution in [1.29, 1.82) is 0 Å². The summed E-state index contributed by atoms with van der Waals surface area (Å²) in [5.74, 6) is 0. The van der Waals surface area contributed by atoms with Crippen LogP contribution in [0.3, 0.4) is 0 Å². The maximum atomic E-state index is 12.6. The second kappa shape index (κ2) is 9.28. The molecule has 2 unspecified atom stereocenters. The van der Waals surface area contributed by atoms with Crippen LogP contribution in [-0.2, 0) is 28.6 Å². The summed E-state index contributed by atoms with van der Waals surface area (Å²) in [5.41, 5.74) is -1.29. The zero-order valence-corrected chi connectivity index (χ0v) is 18.0. The van der Waals surface area contributed by atoms with Gasteiger partial charge in [0, 0.05) is 18.6 Å². The molecule has 172 valence electrons. The van der Waals surface area contributed by atoms with Crippen LogP contribution in [0, 0.1) is 20.2 Å². The molecule has 3 rings (SSSR count). The molecule has 0 aromatic heterocycles. The van der Waals surface area contributed by atoms with Crippen LogP contribution in [0.1, 0.15) is 25.7 Å². The third-order valence-corrected chi connectivity index (χ3v) is 7.58. The molecule has 1 aliphatic rings. The summed E-state index contributed by atoms with van der Waals surface area (Å²) in [6, 6.07) is 9.41. The Balaban J connectivity index is 1.77. The summed E-state index contributed by atoms with van der Waals surface area (Å²) in [4.78, 5) is 19.4. The Morgan fingerprint density at radius 2 is 1.09 bits per heavy atom. The molecule has 0 spiro atoms. The van der Waals surface area contributed by atoms with E-state index >= 15 is 0 Å². The Morgan fingerprint density at radius 1 is 0.719 bits per heavy atom. The predicted octanol–water partition coefficient (Wildman–Crippen LogP) is 2.93. The maximum absolute atomic E-state index is 12.6. The van der Waals surface area contributed by atoms with Crippen molar-refractivity contribution in [2.24, 2.45) is 0 Å². The van der Waals surface area contributed by atoms with Crippen LogP contribution in [0.25, 0.3) is 0 Å². The van der Waals surface area contributed by atoms with Crippen LogP contribution in [0.5, 0.6) is 0 Å². The van der Waals surface area contributed by atoms with Gasteiger partial charge in [-0.15, -0.1) is 0 Å². The monoisotopic (exact) mass is 486 g/mol. The lowest BCUT2D eigenvalue weighted by Gasteiger charge is -2.28. The lowest BCUT2D eigenvalue weighted by atomic mass is 9.95. The van der Waals surface area contributed by atoms with Gasteiger partial charge < -0.3 is 0 Å². The standard InChI is InChI=1S/C18H18N2O10S2/c21-19(22)15-8-1-3-10-17(15)31(25,26)29-13-6-5-7-14(12-13)30-32(27,28)18-11-4-2-9-16(18)20(23)24/h1-4,8-11,13-14H,5-7,12H2. The van der Waals surface area contributed by atoms with E-state index in [2.05, 4.69) is 0 Å². The van der Waals surface area contributed by atoms with Crippen molar-refractivity contribution < 1.29 is 35.0 Å². The van der Waals surface area contributed by atoms with Crippen LogP contribution in [-0.4, -0.2) is 38.9 Å². The van der Waals surface area contributed by atoms with E-state index in [0.29, 0.717) is 6.42 Å². The number of benzene rings is 2. The molecule has 0 heterocycles. The lowest BCUT2D eigenvalue weighted by molar-refractivity contribution is -0.388. The highest BCUT2D eigenvalue weighted by molar-refractivity contribution is 7.87. The second-order valence-corrected chi connectivity index (χ2v) is 10.0. The molecule has 0 amide bonds. The van der Waals surface area contributed by atoms with E-state index in [1.165, 1.54) is 24.3 Å². The van der Waals surface area contributed by atoms with Crippen molar-refractivity contribution >= 4 is 31.6 Å². The first-order valence-corrected chi connectivity index (χ1v) is 12.2. The summed E-state index contributed by atoms with van der Waals surface area (Å²) in [6.07, 6.45) is -1.25. The van der Waals surface area contributed by atoms with E-state index in [9.17, 15) is 37.1 Å². The van der Waals surface area contributed by atoms with E-state index in [0.717, 1.165) is 24.3 Å². The van der Waals surface area contributed by atoms with Gasteiger partial charge in [0.2, 0.25) is 0 Å². The Kier molecular flexibility index (Phi) is 6.88. The molecule has 2 aromatic carbocycles. The minimum atomic E-state index is -4.51. The van der Waals surface area contributed by atoms with E-state index in [-0.39, 0.29) is 19.3 Å². The van der Waals surface area contributed by atoms with Crippen LogP contribution in [0.4, 0.5) is 11.4 Å². The largest absolute Gasteiger partial charge is 0.304 e. The fourth-order valence-corrected chi connectivity index (χ4v) is 5.94. The van der Waals surface area contributed by atoms with Gasteiger partial charge in [-0.2, -0.15) is 16.8 Å².